The summed E-state index contributed by atoms with van der Waals surface area (Å²) >= 11 is 0. The first-order valence-electron chi connectivity index (χ1n) is 5.34. The summed E-state index contributed by atoms with van der Waals surface area (Å²) in [6, 6.07) is 9.63. The Balaban J connectivity index is 2.42. The first kappa shape index (κ1) is 12.3. The molecule has 1 aromatic carbocycles. The first-order chi connectivity index (χ1) is 7.77. The van der Waals surface area contributed by atoms with E-state index in [0.29, 0.717) is 19.7 Å². The van der Waals surface area contributed by atoms with Crippen LogP contribution in [0, 0.1) is 0 Å². The summed E-state index contributed by atoms with van der Waals surface area (Å²) in [5.41, 5.74) is 0.991. The van der Waals surface area contributed by atoms with Gasteiger partial charge >= 0.3 is 6.09 Å². The van der Waals surface area contributed by atoms with E-state index in [-0.39, 0.29) is 6.09 Å². The summed E-state index contributed by atoms with van der Waals surface area (Å²) in [5.74, 6) is 0. The van der Waals surface area contributed by atoms with Crippen molar-refractivity contribution in [3.8, 4) is 0 Å². The molecule has 0 N–H and O–H groups in total. The summed E-state index contributed by atoms with van der Waals surface area (Å²) in [4.78, 5) is 13.2. The number of hydrogen-bond acceptors (Lipinski definition) is 2. The minimum atomic E-state index is -0.300. The van der Waals surface area contributed by atoms with Gasteiger partial charge in [-0.2, -0.15) is 0 Å². The second kappa shape index (κ2) is 6.67. The molecule has 0 unspecified atom stereocenters. The fraction of sp³-hybridized carbons (Fsp3) is 0.308. The van der Waals surface area contributed by atoms with E-state index in [4.69, 9.17) is 4.74 Å². The molecule has 0 bridgehead atoms. The van der Waals surface area contributed by atoms with Gasteiger partial charge in [0.05, 0.1) is 0 Å². The summed E-state index contributed by atoms with van der Waals surface area (Å²) in [5, 5.41) is 0. The van der Waals surface area contributed by atoms with Crippen molar-refractivity contribution in [2.45, 2.75) is 13.5 Å². The van der Waals surface area contributed by atoms with Crippen molar-refractivity contribution in [2.24, 2.45) is 0 Å². The van der Waals surface area contributed by atoms with Crippen LogP contribution < -0.4 is 0 Å². The molecule has 3 heteroatoms. The van der Waals surface area contributed by atoms with Crippen LogP contribution >= 0.6 is 0 Å². The number of carbonyl (C=O) groups excluding carboxylic acids is 1. The molecule has 1 rings (SSSR count). The minimum Gasteiger partial charge on any atom is -0.445 e. The Bertz CT molecular complexity index is 335. The molecule has 1 aromatic rings. The lowest BCUT2D eigenvalue weighted by Gasteiger charge is -2.18. The van der Waals surface area contributed by atoms with Crippen LogP contribution in [0.1, 0.15) is 12.5 Å². The third-order valence-electron chi connectivity index (χ3n) is 2.19. The van der Waals surface area contributed by atoms with E-state index in [1.165, 1.54) is 0 Å². The Kier molecular flexibility index (Phi) is 5.12. The molecule has 3 nitrogen and oxygen atoms in total. The fourth-order valence-electron chi connectivity index (χ4n) is 1.30. The summed E-state index contributed by atoms with van der Waals surface area (Å²) in [6.45, 7) is 6.97. The van der Waals surface area contributed by atoms with Gasteiger partial charge in [0, 0.05) is 13.1 Å². The van der Waals surface area contributed by atoms with Gasteiger partial charge in [-0.3, -0.25) is 0 Å². The smallest absolute Gasteiger partial charge is 0.410 e. The maximum atomic E-state index is 11.6. The second-order valence-electron chi connectivity index (χ2n) is 3.37. The number of amides is 1. The van der Waals surface area contributed by atoms with Crippen LogP contribution in [0.5, 0.6) is 0 Å². The van der Waals surface area contributed by atoms with E-state index >= 15 is 0 Å². The van der Waals surface area contributed by atoms with Crippen molar-refractivity contribution >= 4 is 6.09 Å². The molecule has 0 saturated carbocycles. The predicted molar refractivity (Wildman–Crippen MR) is 64.1 cm³/mol. The van der Waals surface area contributed by atoms with Crippen molar-refractivity contribution in [2.75, 3.05) is 13.1 Å². The van der Waals surface area contributed by atoms with E-state index in [1.807, 2.05) is 37.3 Å². The van der Waals surface area contributed by atoms with Gasteiger partial charge in [-0.05, 0) is 12.5 Å². The van der Waals surface area contributed by atoms with Gasteiger partial charge in [0.15, 0.2) is 0 Å². The molecule has 0 radical (unpaired) electrons. The quantitative estimate of drug-likeness (QED) is 0.713. The van der Waals surface area contributed by atoms with Gasteiger partial charge in [-0.1, -0.05) is 36.4 Å². The van der Waals surface area contributed by atoms with E-state index < -0.39 is 0 Å². The van der Waals surface area contributed by atoms with Crippen LogP contribution in [0.4, 0.5) is 4.79 Å². The van der Waals surface area contributed by atoms with Crippen LogP contribution in [0.25, 0.3) is 0 Å². The SMILES string of the molecule is C=CCN(CC)C(=O)OCc1ccccc1. The minimum absolute atomic E-state index is 0.300. The van der Waals surface area contributed by atoms with Gasteiger partial charge in [-0.15, -0.1) is 6.58 Å². The topological polar surface area (TPSA) is 29.5 Å². The zero-order valence-electron chi connectivity index (χ0n) is 9.56. The molecule has 86 valence electrons. The molecule has 1 amide bonds. The maximum Gasteiger partial charge on any atom is 0.410 e. The van der Waals surface area contributed by atoms with Gasteiger partial charge in [0.25, 0.3) is 0 Å². The Morgan fingerprint density at radius 1 is 1.44 bits per heavy atom. The summed E-state index contributed by atoms with van der Waals surface area (Å²) in [6.07, 6.45) is 1.39. The predicted octanol–water partition coefficient (Wildman–Crippen LogP) is 2.83. The molecule has 0 atom stereocenters. The number of ether oxygens (including phenoxy) is 1. The van der Waals surface area contributed by atoms with Crippen LogP contribution in [-0.2, 0) is 11.3 Å². The number of hydrogen-bond donors (Lipinski definition) is 0. The Labute approximate surface area is 96.3 Å². The number of nitrogens with zero attached hydrogens (tertiary/aromatic N) is 1. The molecule has 0 saturated heterocycles. The highest BCUT2D eigenvalue weighted by Crippen LogP contribution is 2.03. The Hall–Kier alpha value is -1.77. The number of benzene rings is 1. The lowest BCUT2D eigenvalue weighted by Crippen LogP contribution is -2.31. The second-order valence-corrected chi connectivity index (χ2v) is 3.37. The van der Waals surface area contributed by atoms with Gasteiger partial charge in [-0.25, -0.2) is 4.79 Å². The van der Waals surface area contributed by atoms with Crippen molar-refractivity contribution < 1.29 is 9.53 Å². The largest absolute Gasteiger partial charge is 0.445 e. The normalized spacial score (nSPS) is 9.56. The first-order valence-corrected chi connectivity index (χ1v) is 5.34. The van der Waals surface area contributed by atoms with Crippen LogP contribution in [-0.4, -0.2) is 24.1 Å². The zero-order valence-corrected chi connectivity index (χ0v) is 9.56. The summed E-state index contributed by atoms with van der Waals surface area (Å²) in [7, 11) is 0. The standard InChI is InChI=1S/C13H17NO2/c1-3-10-14(4-2)13(15)16-11-12-8-6-5-7-9-12/h3,5-9H,1,4,10-11H2,2H3. The van der Waals surface area contributed by atoms with Crippen molar-refractivity contribution in [1.29, 1.82) is 0 Å². The lowest BCUT2D eigenvalue weighted by atomic mass is 10.2. The molecule has 0 aliphatic heterocycles. The number of rotatable bonds is 5. The van der Waals surface area contributed by atoms with Crippen molar-refractivity contribution in [1.82, 2.24) is 4.90 Å². The highest BCUT2D eigenvalue weighted by atomic mass is 16.6. The highest BCUT2D eigenvalue weighted by molar-refractivity contribution is 5.67. The molecule has 0 fully saturated rings. The summed E-state index contributed by atoms with van der Waals surface area (Å²) < 4.78 is 5.17. The van der Waals surface area contributed by atoms with E-state index in [1.54, 1.807) is 11.0 Å². The van der Waals surface area contributed by atoms with Gasteiger partial charge in [0.1, 0.15) is 6.61 Å². The molecular formula is C13H17NO2. The molecule has 0 aromatic heterocycles. The molecule has 0 spiro atoms. The van der Waals surface area contributed by atoms with Crippen LogP contribution in [0.15, 0.2) is 43.0 Å². The van der Waals surface area contributed by atoms with E-state index in [2.05, 4.69) is 6.58 Å². The lowest BCUT2D eigenvalue weighted by molar-refractivity contribution is 0.102. The van der Waals surface area contributed by atoms with E-state index in [0.717, 1.165) is 5.56 Å². The third kappa shape index (κ3) is 3.77. The zero-order chi connectivity index (χ0) is 11.8. The monoisotopic (exact) mass is 219 g/mol. The molecule has 16 heavy (non-hydrogen) atoms. The highest BCUT2D eigenvalue weighted by Gasteiger charge is 2.10. The average molecular weight is 219 g/mol. The molecule has 0 aliphatic carbocycles. The maximum absolute atomic E-state index is 11.6. The Morgan fingerprint density at radius 2 is 2.12 bits per heavy atom. The fourth-order valence-corrected chi connectivity index (χ4v) is 1.30. The number of likely N-dealkylation sites (N-methyl/N-ethyl adjacent to an activating group) is 1. The Morgan fingerprint density at radius 3 is 2.69 bits per heavy atom. The van der Waals surface area contributed by atoms with Crippen molar-refractivity contribution in [3.63, 3.8) is 0 Å². The van der Waals surface area contributed by atoms with Crippen molar-refractivity contribution in [3.05, 3.63) is 48.6 Å². The van der Waals surface area contributed by atoms with Crippen LogP contribution in [0.2, 0.25) is 0 Å². The van der Waals surface area contributed by atoms with E-state index in [9.17, 15) is 4.79 Å². The molecular weight excluding hydrogens is 202 g/mol. The van der Waals surface area contributed by atoms with Gasteiger partial charge in [0.2, 0.25) is 0 Å². The molecule has 0 heterocycles. The van der Waals surface area contributed by atoms with Gasteiger partial charge < -0.3 is 9.64 Å². The third-order valence-corrected chi connectivity index (χ3v) is 2.19. The number of carbonyl (C=O) groups is 1. The molecule has 0 aliphatic rings. The van der Waals surface area contributed by atoms with Crippen LogP contribution in [0.3, 0.4) is 0 Å². The average Bonchev–Trinajstić information content (AvgIpc) is 2.34.